The average molecular weight is 242 g/mol. The van der Waals surface area contributed by atoms with Gasteiger partial charge in [0.25, 0.3) is 0 Å². The smallest absolute Gasteiger partial charge is 0.190 e. The minimum Gasteiger partial charge on any atom is -0.381 e. The van der Waals surface area contributed by atoms with E-state index in [1.54, 1.807) is 11.8 Å². The van der Waals surface area contributed by atoms with Crippen molar-refractivity contribution in [3.8, 4) is 0 Å². The molecule has 6 heteroatoms. The van der Waals surface area contributed by atoms with Crippen LogP contribution in [0.25, 0.3) is 0 Å². The molecule has 2 rings (SSSR count). The Labute approximate surface area is 100.0 Å². The van der Waals surface area contributed by atoms with Crippen LogP contribution in [-0.4, -0.2) is 40.8 Å². The summed E-state index contributed by atoms with van der Waals surface area (Å²) >= 11 is 1.77. The number of hydrogen-bond acceptors (Lipinski definition) is 5. The first-order chi connectivity index (χ1) is 7.81. The number of nitrogens with zero attached hydrogens (tertiary/aromatic N) is 3. The topological polar surface area (TPSA) is 52.0 Å². The third-order valence-corrected chi connectivity index (χ3v) is 3.98. The molecule has 1 atom stereocenters. The summed E-state index contributed by atoms with van der Waals surface area (Å²) in [7, 11) is 3.93. The second-order valence-electron chi connectivity index (χ2n) is 4.03. The van der Waals surface area contributed by atoms with Gasteiger partial charge in [-0.2, -0.15) is 0 Å². The lowest BCUT2D eigenvalue weighted by Crippen LogP contribution is -2.11. The number of rotatable bonds is 5. The molecule has 0 bridgehead atoms. The zero-order valence-electron chi connectivity index (χ0n) is 9.77. The summed E-state index contributed by atoms with van der Waals surface area (Å²) in [6.45, 7) is 2.57. The van der Waals surface area contributed by atoms with E-state index in [0.717, 1.165) is 36.5 Å². The van der Waals surface area contributed by atoms with Crippen LogP contribution in [0.2, 0.25) is 0 Å². The fourth-order valence-corrected chi connectivity index (χ4v) is 2.74. The standard InChI is InChI=1S/C10H18N4OS/c1-11-5-9-12-13-10(14(9)2)16-7-8-3-4-15-6-8/h8,11H,3-7H2,1-2H3/t8-/m1/s1. The van der Waals surface area contributed by atoms with Crippen LogP contribution >= 0.6 is 11.8 Å². The van der Waals surface area contributed by atoms with Gasteiger partial charge in [-0.3, -0.25) is 0 Å². The quantitative estimate of drug-likeness (QED) is 0.769. The fourth-order valence-electron chi connectivity index (χ4n) is 1.69. The van der Waals surface area contributed by atoms with Gasteiger partial charge in [0.15, 0.2) is 5.16 Å². The summed E-state index contributed by atoms with van der Waals surface area (Å²) in [5.74, 6) is 2.73. The largest absolute Gasteiger partial charge is 0.381 e. The SMILES string of the molecule is CNCc1nnc(SC[C@@H]2CCOC2)n1C. The highest BCUT2D eigenvalue weighted by Gasteiger charge is 2.17. The summed E-state index contributed by atoms with van der Waals surface area (Å²) in [6, 6.07) is 0. The highest BCUT2D eigenvalue weighted by molar-refractivity contribution is 7.99. The molecule has 1 aliphatic heterocycles. The van der Waals surface area contributed by atoms with E-state index >= 15 is 0 Å². The molecule has 5 nitrogen and oxygen atoms in total. The Bertz CT molecular complexity index is 336. The zero-order chi connectivity index (χ0) is 11.4. The summed E-state index contributed by atoms with van der Waals surface area (Å²) in [5.41, 5.74) is 0. The molecular weight excluding hydrogens is 224 g/mol. The minimum atomic E-state index is 0.675. The molecule has 0 unspecified atom stereocenters. The minimum absolute atomic E-state index is 0.675. The summed E-state index contributed by atoms with van der Waals surface area (Å²) in [6.07, 6.45) is 1.17. The van der Waals surface area contributed by atoms with Gasteiger partial charge in [0.1, 0.15) is 5.82 Å². The maximum atomic E-state index is 5.35. The molecule has 90 valence electrons. The van der Waals surface area contributed by atoms with Crippen molar-refractivity contribution in [2.75, 3.05) is 26.0 Å². The van der Waals surface area contributed by atoms with Crippen molar-refractivity contribution in [2.45, 2.75) is 18.1 Å². The Kier molecular flexibility index (Phi) is 4.20. The molecule has 1 N–H and O–H groups in total. The Morgan fingerprint density at radius 3 is 3.12 bits per heavy atom. The lowest BCUT2D eigenvalue weighted by atomic mass is 10.2. The first-order valence-electron chi connectivity index (χ1n) is 5.54. The lowest BCUT2D eigenvalue weighted by Gasteiger charge is -2.06. The van der Waals surface area contributed by atoms with Crippen molar-refractivity contribution < 1.29 is 4.74 Å². The van der Waals surface area contributed by atoms with E-state index in [-0.39, 0.29) is 0 Å². The molecule has 2 heterocycles. The van der Waals surface area contributed by atoms with Crippen LogP contribution in [0.15, 0.2) is 5.16 Å². The van der Waals surface area contributed by atoms with Crippen molar-refractivity contribution in [1.82, 2.24) is 20.1 Å². The lowest BCUT2D eigenvalue weighted by molar-refractivity contribution is 0.189. The highest BCUT2D eigenvalue weighted by Crippen LogP contribution is 2.23. The number of aromatic nitrogens is 3. The van der Waals surface area contributed by atoms with E-state index in [2.05, 4.69) is 20.1 Å². The van der Waals surface area contributed by atoms with Crippen molar-refractivity contribution in [1.29, 1.82) is 0 Å². The molecule has 1 aliphatic rings. The third-order valence-electron chi connectivity index (χ3n) is 2.73. The molecule has 1 aromatic heterocycles. The molecule has 16 heavy (non-hydrogen) atoms. The van der Waals surface area contributed by atoms with Crippen LogP contribution < -0.4 is 5.32 Å². The van der Waals surface area contributed by atoms with Gasteiger partial charge in [-0.05, 0) is 19.4 Å². The van der Waals surface area contributed by atoms with Crippen LogP contribution in [0, 0.1) is 5.92 Å². The van der Waals surface area contributed by atoms with E-state index < -0.39 is 0 Å². The monoisotopic (exact) mass is 242 g/mol. The van der Waals surface area contributed by atoms with E-state index in [0.29, 0.717) is 5.92 Å². The molecular formula is C10H18N4OS. The van der Waals surface area contributed by atoms with Crippen LogP contribution in [0.5, 0.6) is 0 Å². The summed E-state index contributed by atoms with van der Waals surface area (Å²) in [5, 5.41) is 12.4. The number of nitrogens with one attached hydrogen (secondary N) is 1. The van der Waals surface area contributed by atoms with E-state index in [9.17, 15) is 0 Å². The molecule has 0 aliphatic carbocycles. The summed E-state index contributed by atoms with van der Waals surface area (Å²) in [4.78, 5) is 0. The normalized spacial score (nSPS) is 20.5. The molecule has 0 aromatic carbocycles. The third kappa shape index (κ3) is 2.75. The van der Waals surface area contributed by atoms with Crippen molar-refractivity contribution in [2.24, 2.45) is 13.0 Å². The van der Waals surface area contributed by atoms with Gasteiger partial charge in [-0.1, -0.05) is 11.8 Å². The molecule has 1 fully saturated rings. The Morgan fingerprint density at radius 1 is 1.56 bits per heavy atom. The van der Waals surface area contributed by atoms with Gasteiger partial charge in [-0.25, -0.2) is 0 Å². The Hall–Kier alpha value is -0.590. The molecule has 0 saturated carbocycles. The van der Waals surface area contributed by atoms with Crippen LogP contribution in [-0.2, 0) is 18.3 Å². The maximum Gasteiger partial charge on any atom is 0.190 e. The zero-order valence-corrected chi connectivity index (χ0v) is 10.6. The predicted molar refractivity (Wildman–Crippen MR) is 63.4 cm³/mol. The highest BCUT2D eigenvalue weighted by atomic mass is 32.2. The Balaban J connectivity index is 1.88. The Morgan fingerprint density at radius 2 is 2.44 bits per heavy atom. The molecule has 1 saturated heterocycles. The van der Waals surface area contributed by atoms with Crippen molar-refractivity contribution in [3.63, 3.8) is 0 Å². The second-order valence-corrected chi connectivity index (χ2v) is 5.02. The molecule has 1 aromatic rings. The molecule has 0 amide bonds. The number of ether oxygens (including phenoxy) is 1. The molecule has 0 radical (unpaired) electrons. The molecule has 0 spiro atoms. The van der Waals surface area contributed by atoms with Crippen molar-refractivity contribution in [3.05, 3.63) is 5.82 Å². The van der Waals surface area contributed by atoms with Gasteiger partial charge in [-0.15, -0.1) is 10.2 Å². The number of thioether (sulfide) groups is 1. The first-order valence-corrected chi connectivity index (χ1v) is 6.53. The summed E-state index contributed by atoms with van der Waals surface area (Å²) < 4.78 is 7.41. The average Bonchev–Trinajstić information content (AvgIpc) is 2.89. The van der Waals surface area contributed by atoms with Crippen LogP contribution in [0.4, 0.5) is 0 Å². The van der Waals surface area contributed by atoms with Gasteiger partial charge in [0.05, 0.1) is 13.2 Å². The van der Waals surface area contributed by atoms with Gasteiger partial charge in [0, 0.05) is 19.4 Å². The number of hydrogen-bond donors (Lipinski definition) is 1. The van der Waals surface area contributed by atoms with E-state index in [1.807, 2.05) is 14.1 Å². The second kappa shape index (κ2) is 5.65. The van der Waals surface area contributed by atoms with Gasteiger partial charge >= 0.3 is 0 Å². The maximum absolute atomic E-state index is 5.35. The van der Waals surface area contributed by atoms with Crippen molar-refractivity contribution >= 4 is 11.8 Å². The van der Waals surface area contributed by atoms with Gasteiger partial charge < -0.3 is 14.6 Å². The van der Waals surface area contributed by atoms with Crippen LogP contribution in [0.1, 0.15) is 12.2 Å². The fraction of sp³-hybridized carbons (Fsp3) is 0.800. The van der Waals surface area contributed by atoms with E-state index in [1.165, 1.54) is 6.42 Å². The van der Waals surface area contributed by atoms with Gasteiger partial charge in [0.2, 0.25) is 0 Å². The van der Waals surface area contributed by atoms with E-state index in [4.69, 9.17) is 4.74 Å². The van der Waals surface area contributed by atoms with Crippen LogP contribution in [0.3, 0.4) is 0 Å². The first kappa shape index (κ1) is 11.9. The predicted octanol–water partition coefficient (Wildman–Crippen LogP) is 0.663.